The van der Waals surface area contributed by atoms with Gasteiger partial charge < -0.3 is 14.8 Å². The van der Waals surface area contributed by atoms with Gasteiger partial charge in [-0.1, -0.05) is 0 Å². The quantitative estimate of drug-likeness (QED) is 0.786. The van der Waals surface area contributed by atoms with E-state index in [0.29, 0.717) is 17.2 Å². The van der Waals surface area contributed by atoms with Gasteiger partial charge in [0.1, 0.15) is 9.88 Å². The van der Waals surface area contributed by atoms with Crippen molar-refractivity contribution in [1.82, 2.24) is 10.3 Å². The number of hydrogen-bond donors (Lipinski definition) is 1. The predicted molar refractivity (Wildman–Crippen MR) is 89.2 cm³/mol. The first-order chi connectivity index (χ1) is 11.3. The van der Waals surface area contributed by atoms with Crippen molar-refractivity contribution in [3.8, 4) is 22.1 Å². The van der Waals surface area contributed by atoms with Gasteiger partial charge in [-0.25, -0.2) is 4.98 Å². The zero-order valence-corrected chi connectivity index (χ0v) is 13.6. The number of carbonyl (C=O) groups excluding carboxylic acids is 1. The number of thiazole rings is 1. The summed E-state index contributed by atoms with van der Waals surface area (Å²) in [5.41, 5.74) is 2.01. The van der Waals surface area contributed by atoms with E-state index in [1.54, 1.807) is 17.5 Å². The molecule has 1 amide bonds. The second-order valence-electron chi connectivity index (χ2n) is 4.91. The lowest BCUT2D eigenvalue weighted by atomic mass is 10.2. The molecule has 1 aromatic carbocycles. The van der Waals surface area contributed by atoms with Gasteiger partial charge in [-0.2, -0.15) is 11.3 Å². The van der Waals surface area contributed by atoms with Crippen LogP contribution < -0.4 is 14.8 Å². The van der Waals surface area contributed by atoms with E-state index in [9.17, 15) is 4.79 Å². The van der Waals surface area contributed by atoms with Crippen LogP contribution in [-0.4, -0.2) is 17.7 Å². The van der Waals surface area contributed by atoms with E-state index in [0.717, 1.165) is 21.9 Å². The number of aromatic nitrogens is 1. The Morgan fingerprint density at radius 1 is 1.26 bits per heavy atom. The van der Waals surface area contributed by atoms with Gasteiger partial charge in [-0.3, -0.25) is 4.79 Å². The van der Waals surface area contributed by atoms with Gasteiger partial charge >= 0.3 is 0 Å². The first kappa shape index (κ1) is 14.2. The molecule has 0 radical (unpaired) electrons. The van der Waals surface area contributed by atoms with Crippen LogP contribution in [-0.2, 0) is 6.54 Å². The molecule has 1 aliphatic rings. The van der Waals surface area contributed by atoms with Crippen molar-refractivity contribution < 1.29 is 14.3 Å². The standard InChI is InChI=1S/C16H12N2O3S2/c19-15(17-6-10-3-4-22-8-10)14-7-18-16(23-14)11-1-2-12-13(5-11)21-9-20-12/h1-5,7-8H,6,9H2,(H,17,19). The molecular formula is C16H12N2O3S2. The highest BCUT2D eigenvalue weighted by molar-refractivity contribution is 7.16. The summed E-state index contributed by atoms with van der Waals surface area (Å²) in [5, 5.41) is 7.69. The van der Waals surface area contributed by atoms with Gasteiger partial charge in [0.2, 0.25) is 6.79 Å². The highest BCUT2D eigenvalue weighted by atomic mass is 32.1. The van der Waals surface area contributed by atoms with E-state index in [2.05, 4.69) is 10.3 Å². The number of amides is 1. The van der Waals surface area contributed by atoms with E-state index in [-0.39, 0.29) is 12.7 Å². The number of nitrogens with zero attached hydrogens (tertiary/aromatic N) is 1. The lowest BCUT2D eigenvalue weighted by Crippen LogP contribution is -2.21. The van der Waals surface area contributed by atoms with Crippen LogP contribution in [0.15, 0.2) is 41.2 Å². The molecule has 0 fully saturated rings. The number of hydrogen-bond acceptors (Lipinski definition) is 6. The van der Waals surface area contributed by atoms with Gasteiger partial charge in [0.15, 0.2) is 11.5 Å². The maximum absolute atomic E-state index is 12.2. The third kappa shape index (κ3) is 2.93. The largest absolute Gasteiger partial charge is 0.454 e. The summed E-state index contributed by atoms with van der Waals surface area (Å²) in [5.74, 6) is 1.33. The zero-order chi connectivity index (χ0) is 15.6. The third-order valence-corrected chi connectivity index (χ3v) is 5.16. The molecule has 0 saturated heterocycles. The molecule has 0 aliphatic carbocycles. The molecule has 0 saturated carbocycles. The summed E-state index contributed by atoms with van der Waals surface area (Å²) < 4.78 is 10.7. The number of nitrogens with one attached hydrogen (secondary N) is 1. The van der Waals surface area contributed by atoms with Crippen LogP contribution in [0.5, 0.6) is 11.5 Å². The number of thiophene rings is 1. The lowest BCUT2D eigenvalue weighted by molar-refractivity contribution is 0.0955. The molecule has 7 heteroatoms. The highest BCUT2D eigenvalue weighted by Gasteiger charge is 2.16. The first-order valence-corrected chi connectivity index (χ1v) is 8.70. The van der Waals surface area contributed by atoms with Gasteiger partial charge in [0, 0.05) is 12.1 Å². The summed E-state index contributed by atoms with van der Waals surface area (Å²) in [4.78, 5) is 17.1. The Balaban J connectivity index is 1.49. The fraction of sp³-hybridized carbons (Fsp3) is 0.125. The minimum Gasteiger partial charge on any atom is -0.454 e. The normalized spacial score (nSPS) is 12.3. The van der Waals surface area contributed by atoms with E-state index >= 15 is 0 Å². The molecule has 0 spiro atoms. The van der Waals surface area contributed by atoms with E-state index in [1.807, 2.05) is 35.0 Å². The molecule has 1 N–H and O–H groups in total. The summed E-state index contributed by atoms with van der Waals surface area (Å²) in [6.45, 7) is 0.770. The Morgan fingerprint density at radius 2 is 2.17 bits per heavy atom. The molecule has 0 bridgehead atoms. The smallest absolute Gasteiger partial charge is 0.263 e. The molecule has 4 rings (SSSR count). The van der Waals surface area contributed by atoms with E-state index < -0.39 is 0 Å². The third-order valence-electron chi connectivity index (χ3n) is 3.38. The second kappa shape index (κ2) is 6.02. The molecule has 1 aliphatic heterocycles. The fourth-order valence-electron chi connectivity index (χ4n) is 2.20. The molecule has 3 heterocycles. The van der Waals surface area contributed by atoms with Crippen molar-refractivity contribution in [3.63, 3.8) is 0 Å². The van der Waals surface area contributed by atoms with Gasteiger partial charge in [0.25, 0.3) is 5.91 Å². The Hall–Kier alpha value is -2.38. The fourth-order valence-corrected chi connectivity index (χ4v) is 3.70. The maximum Gasteiger partial charge on any atom is 0.263 e. The zero-order valence-electron chi connectivity index (χ0n) is 11.9. The van der Waals surface area contributed by atoms with Crippen LogP contribution in [0.2, 0.25) is 0 Å². The molecule has 0 atom stereocenters. The molecular weight excluding hydrogens is 332 g/mol. The van der Waals surface area contributed by atoms with Gasteiger partial charge in [0.05, 0.1) is 6.20 Å². The lowest BCUT2D eigenvalue weighted by Gasteiger charge is -2.01. The summed E-state index contributed by atoms with van der Waals surface area (Å²) >= 11 is 2.97. The summed E-state index contributed by atoms with van der Waals surface area (Å²) in [6.07, 6.45) is 1.60. The van der Waals surface area contributed by atoms with Crippen molar-refractivity contribution in [2.24, 2.45) is 0 Å². The van der Waals surface area contributed by atoms with Crippen molar-refractivity contribution in [2.75, 3.05) is 6.79 Å². The van der Waals surface area contributed by atoms with Crippen LogP contribution >= 0.6 is 22.7 Å². The Bertz CT molecular complexity index is 843. The van der Waals surface area contributed by atoms with Crippen molar-refractivity contribution in [3.05, 3.63) is 51.7 Å². The van der Waals surface area contributed by atoms with Crippen LogP contribution in [0, 0.1) is 0 Å². The minimum absolute atomic E-state index is 0.110. The van der Waals surface area contributed by atoms with Gasteiger partial charge in [-0.05, 0) is 40.6 Å². The Kier molecular flexibility index (Phi) is 3.72. The SMILES string of the molecule is O=C(NCc1ccsc1)c1cnc(-c2ccc3c(c2)OCO3)s1. The molecule has 23 heavy (non-hydrogen) atoms. The predicted octanol–water partition coefficient (Wildman–Crippen LogP) is 3.53. The maximum atomic E-state index is 12.2. The topological polar surface area (TPSA) is 60.5 Å². The molecule has 0 unspecified atom stereocenters. The van der Waals surface area contributed by atoms with Gasteiger partial charge in [-0.15, -0.1) is 11.3 Å². The van der Waals surface area contributed by atoms with Crippen LogP contribution in [0.1, 0.15) is 15.2 Å². The van der Waals surface area contributed by atoms with E-state index in [1.165, 1.54) is 11.3 Å². The number of ether oxygens (including phenoxy) is 2. The number of benzene rings is 1. The van der Waals surface area contributed by atoms with Crippen LogP contribution in [0.4, 0.5) is 0 Å². The van der Waals surface area contributed by atoms with Crippen molar-refractivity contribution in [1.29, 1.82) is 0 Å². The second-order valence-corrected chi connectivity index (χ2v) is 6.72. The van der Waals surface area contributed by atoms with Crippen LogP contribution in [0.25, 0.3) is 10.6 Å². The first-order valence-electron chi connectivity index (χ1n) is 6.95. The number of rotatable bonds is 4. The molecule has 3 aromatic rings. The Morgan fingerprint density at radius 3 is 3.04 bits per heavy atom. The number of carbonyl (C=O) groups is 1. The molecule has 116 valence electrons. The van der Waals surface area contributed by atoms with Crippen molar-refractivity contribution in [2.45, 2.75) is 6.54 Å². The average molecular weight is 344 g/mol. The summed E-state index contributed by atoms with van der Waals surface area (Å²) in [7, 11) is 0. The molecule has 5 nitrogen and oxygen atoms in total. The minimum atomic E-state index is -0.110. The highest BCUT2D eigenvalue weighted by Crippen LogP contribution is 2.36. The summed E-state index contributed by atoms with van der Waals surface area (Å²) in [6, 6.07) is 7.65. The number of fused-ring (bicyclic) bond motifs is 1. The van der Waals surface area contributed by atoms with Crippen LogP contribution in [0.3, 0.4) is 0 Å². The monoisotopic (exact) mass is 344 g/mol. The van der Waals surface area contributed by atoms with Crippen molar-refractivity contribution >= 4 is 28.6 Å². The Labute approximate surface area is 140 Å². The average Bonchev–Trinajstić information content (AvgIpc) is 3.32. The molecule has 2 aromatic heterocycles. The van der Waals surface area contributed by atoms with E-state index in [4.69, 9.17) is 9.47 Å².